The zero-order valence-corrected chi connectivity index (χ0v) is 10.9. The van der Waals surface area contributed by atoms with E-state index in [0.29, 0.717) is 16.9 Å². The molecule has 6 heteroatoms. The molecule has 2 rings (SSSR count). The van der Waals surface area contributed by atoms with Gasteiger partial charge in [-0.3, -0.25) is 14.9 Å². The number of rotatable bonds is 2. The molecule has 5 nitrogen and oxygen atoms in total. The summed E-state index contributed by atoms with van der Waals surface area (Å²) >= 11 is 1.52. The van der Waals surface area contributed by atoms with Crippen molar-refractivity contribution in [2.45, 2.75) is 4.90 Å². The molecule has 0 aromatic heterocycles. The van der Waals surface area contributed by atoms with Crippen molar-refractivity contribution < 1.29 is 9.72 Å². The van der Waals surface area contributed by atoms with E-state index in [4.69, 9.17) is 0 Å². The maximum absolute atomic E-state index is 12.2. The summed E-state index contributed by atoms with van der Waals surface area (Å²) < 4.78 is 0. The van der Waals surface area contributed by atoms with E-state index in [1.165, 1.54) is 23.9 Å². The van der Waals surface area contributed by atoms with Gasteiger partial charge in [0.2, 0.25) is 0 Å². The molecule has 1 heterocycles. The third kappa shape index (κ3) is 2.38. The molecule has 94 valence electrons. The van der Waals surface area contributed by atoms with Crippen LogP contribution in [-0.4, -0.2) is 35.5 Å². The number of nitrogens with zero attached hydrogens (tertiary/aromatic N) is 2. The number of thioether (sulfide) groups is 1. The van der Waals surface area contributed by atoms with Gasteiger partial charge in [-0.15, -0.1) is 11.8 Å². The average Bonchev–Trinajstić information content (AvgIpc) is 2.32. The maximum atomic E-state index is 12.2. The number of carbonyl (C=O) groups is 1. The standard InChI is InChI=1S/C12H12N2O3S/c1-13(2)6-8-7-18-11-4-3-9(14(16)17)5-10(11)12(8)15/h3-6H,7H2,1-2H3. The van der Waals surface area contributed by atoms with E-state index in [2.05, 4.69) is 0 Å². The van der Waals surface area contributed by atoms with Crippen molar-refractivity contribution >= 4 is 23.2 Å². The zero-order valence-electron chi connectivity index (χ0n) is 10.0. The number of Topliss-reactive ketones (excluding diaryl/α,β-unsaturated/α-hetero) is 1. The van der Waals surface area contributed by atoms with Crippen LogP contribution in [0.2, 0.25) is 0 Å². The van der Waals surface area contributed by atoms with Crippen LogP contribution in [0.15, 0.2) is 34.9 Å². The largest absolute Gasteiger partial charge is 0.383 e. The molecule has 1 aromatic carbocycles. The second-order valence-corrected chi connectivity index (χ2v) is 5.19. The van der Waals surface area contributed by atoms with Crippen molar-refractivity contribution in [3.8, 4) is 0 Å². The van der Waals surface area contributed by atoms with Gasteiger partial charge in [0.25, 0.3) is 5.69 Å². The Bertz CT molecular complexity index is 552. The molecule has 0 unspecified atom stereocenters. The first-order valence-electron chi connectivity index (χ1n) is 5.32. The number of ketones is 1. The van der Waals surface area contributed by atoms with Crippen molar-refractivity contribution in [3.63, 3.8) is 0 Å². The van der Waals surface area contributed by atoms with Crippen molar-refractivity contribution in [1.82, 2.24) is 4.90 Å². The molecule has 0 amide bonds. The lowest BCUT2D eigenvalue weighted by Crippen LogP contribution is -2.16. The van der Waals surface area contributed by atoms with Crippen LogP contribution in [0.1, 0.15) is 10.4 Å². The lowest BCUT2D eigenvalue weighted by molar-refractivity contribution is -0.384. The first-order chi connectivity index (χ1) is 8.49. The third-order valence-electron chi connectivity index (χ3n) is 2.51. The fourth-order valence-electron chi connectivity index (χ4n) is 1.74. The molecule has 0 fully saturated rings. The predicted molar refractivity (Wildman–Crippen MR) is 69.9 cm³/mol. The van der Waals surface area contributed by atoms with E-state index in [1.807, 2.05) is 14.1 Å². The van der Waals surface area contributed by atoms with Crippen LogP contribution in [0.4, 0.5) is 5.69 Å². The average molecular weight is 264 g/mol. The highest BCUT2D eigenvalue weighted by atomic mass is 32.2. The second kappa shape index (κ2) is 4.81. The quantitative estimate of drug-likeness (QED) is 0.466. The molecule has 0 saturated carbocycles. The van der Waals surface area contributed by atoms with Gasteiger partial charge in [0.15, 0.2) is 5.78 Å². The fourth-order valence-corrected chi connectivity index (χ4v) is 2.72. The first kappa shape index (κ1) is 12.6. The number of benzene rings is 1. The molecule has 0 saturated heterocycles. The molecule has 1 aliphatic heterocycles. The number of hydrogen-bond donors (Lipinski definition) is 0. The van der Waals surface area contributed by atoms with Gasteiger partial charge < -0.3 is 4.90 Å². The number of nitro benzene ring substituents is 1. The van der Waals surface area contributed by atoms with E-state index in [1.54, 1.807) is 17.2 Å². The van der Waals surface area contributed by atoms with Crippen LogP contribution in [0.3, 0.4) is 0 Å². The molecule has 0 N–H and O–H groups in total. The Morgan fingerprint density at radius 3 is 2.78 bits per heavy atom. The highest BCUT2D eigenvalue weighted by Gasteiger charge is 2.24. The topological polar surface area (TPSA) is 63.4 Å². The summed E-state index contributed by atoms with van der Waals surface area (Å²) in [7, 11) is 3.68. The molecule has 0 atom stereocenters. The third-order valence-corrected chi connectivity index (χ3v) is 3.63. The Balaban J connectivity index is 2.44. The highest BCUT2D eigenvalue weighted by Crippen LogP contribution is 2.34. The molecule has 1 aromatic rings. The lowest BCUT2D eigenvalue weighted by atomic mass is 10.0. The molecule has 1 aliphatic rings. The summed E-state index contributed by atoms with van der Waals surface area (Å²) in [6.45, 7) is 0. The zero-order chi connectivity index (χ0) is 13.3. The Morgan fingerprint density at radius 2 is 2.17 bits per heavy atom. The summed E-state index contributed by atoms with van der Waals surface area (Å²) in [4.78, 5) is 25.0. The minimum atomic E-state index is -0.484. The summed E-state index contributed by atoms with van der Waals surface area (Å²) in [5, 5.41) is 10.7. The molecule has 0 radical (unpaired) electrons. The molecule has 0 spiro atoms. The van der Waals surface area contributed by atoms with E-state index < -0.39 is 4.92 Å². The summed E-state index contributed by atoms with van der Waals surface area (Å²) in [6, 6.07) is 4.43. The molecular weight excluding hydrogens is 252 g/mol. The van der Waals surface area contributed by atoms with Crippen LogP contribution in [0, 0.1) is 10.1 Å². The van der Waals surface area contributed by atoms with Gasteiger partial charge in [0.05, 0.1) is 4.92 Å². The maximum Gasteiger partial charge on any atom is 0.270 e. The fraction of sp³-hybridized carbons (Fsp3) is 0.250. The minimum absolute atomic E-state index is 0.0474. The van der Waals surface area contributed by atoms with Crippen molar-refractivity contribution in [3.05, 3.63) is 45.6 Å². The summed E-state index contributed by atoms with van der Waals surface area (Å²) in [5.41, 5.74) is 1.04. The van der Waals surface area contributed by atoms with Crippen LogP contribution in [0.25, 0.3) is 0 Å². The number of hydrogen-bond acceptors (Lipinski definition) is 5. The molecule has 0 bridgehead atoms. The van der Waals surface area contributed by atoms with Crippen LogP contribution in [0.5, 0.6) is 0 Å². The van der Waals surface area contributed by atoms with E-state index in [0.717, 1.165) is 4.90 Å². The van der Waals surface area contributed by atoms with E-state index in [-0.39, 0.29) is 11.5 Å². The normalized spacial score (nSPS) is 16.6. The van der Waals surface area contributed by atoms with Crippen molar-refractivity contribution in [2.75, 3.05) is 19.8 Å². The number of fused-ring (bicyclic) bond motifs is 1. The minimum Gasteiger partial charge on any atom is -0.383 e. The SMILES string of the molecule is CN(C)C=C1CSc2ccc([N+](=O)[O-])cc2C1=O. The van der Waals surface area contributed by atoms with Gasteiger partial charge in [0, 0.05) is 54.2 Å². The molecule has 0 aliphatic carbocycles. The molecular formula is C12H12N2O3S. The Morgan fingerprint density at radius 1 is 1.44 bits per heavy atom. The molecule has 18 heavy (non-hydrogen) atoms. The number of carbonyl (C=O) groups excluding carboxylic acids is 1. The lowest BCUT2D eigenvalue weighted by Gasteiger charge is -2.18. The van der Waals surface area contributed by atoms with Gasteiger partial charge in [-0.25, -0.2) is 0 Å². The van der Waals surface area contributed by atoms with Gasteiger partial charge in [-0.05, 0) is 6.07 Å². The number of nitro groups is 1. The van der Waals surface area contributed by atoms with Gasteiger partial charge >= 0.3 is 0 Å². The Labute approximate surface area is 109 Å². The smallest absolute Gasteiger partial charge is 0.270 e. The van der Waals surface area contributed by atoms with Gasteiger partial charge in [-0.2, -0.15) is 0 Å². The van der Waals surface area contributed by atoms with Crippen molar-refractivity contribution in [2.24, 2.45) is 0 Å². The van der Waals surface area contributed by atoms with Crippen LogP contribution >= 0.6 is 11.8 Å². The van der Waals surface area contributed by atoms with E-state index >= 15 is 0 Å². The monoisotopic (exact) mass is 264 g/mol. The van der Waals surface area contributed by atoms with Gasteiger partial charge in [0.1, 0.15) is 0 Å². The summed E-state index contributed by atoms with van der Waals surface area (Å²) in [5.74, 6) is 0.475. The predicted octanol–water partition coefficient (Wildman–Crippen LogP) is 2.33. The Kier molecular flexibility index (Phi) is 3.38. The number of non-ortho nitro benzene ring substituents is 1. The second-order valence-electron chi connectivity index (χ2n) is 4.17. The van der Waals surface area contributed by atoms with E-state index in [9.17, 15) is 14.9 Å². The van der Waals surface area contributed by atoms with Crippen LogP contribution in [-0.2, 0) is 0 Å². The summed E-state index contributed by atoms with van der Waals surface area (Å²) in [6.07, 6.45) is 1.76. The first-order valence-corrected chi connectivity index (χ1v) is 6.30. The Hall–Kier alpha value is -1.82. The van der Waals surface area contributed by atoms with Crippen LogP contribution < -0.4 is 0 Å². The van der Waals surface area contributed by atoms with Crippen molar-refractivity contribution in [1.29, 1.82) is 0 Å². The highest BCUT2D eigenvalue weighted by molar-refractivity contribution is 7.99. The van der Waals surface area contributed by atoms with Gasteiger partial charge in [-0.1, -0.05) is 0 Å².